The van der Waals surface area contributed by atoms with Crippen LogP contribution in [0.2, 0.25) is 5.02 Å². The highest BCUT2D eigenvalue weighted by atomic mass is 35.5. The van der Waals surface area contributed by atoms with Crippen LogP contribution < -0.4 is 10.6 Å². The van der Waals surface area contributed by atoms with Crippen molar-refractivity contribution in [1.29, 1.82) is 0 Å². The summed E-state index contributed by atoms with van der Waals surface area (Å²) in [6, 6.07) is 3.66. The van der Waals surface area contributed by atoms with Gasteiger partial charge in [0.15, 0.2) is 5.82 Å². The summed E-state index contributed by atoms with van der Waals surface area (Å²) in [5.41, 5.74) is 9.56. The first-order chi connectivity index (χ1) is 15.6. The molecule has 32 heavy (non-hydrogen) atoms. The molecule has 2 fully saturated rings. The van der Waals surface area contributed by atoms with E-state index < -0.39 is 0 Å². The molecule has 4 heterocycles. The highest BCUT2D eigenvalue weighted by Gasteiger charge is 2.48. The van der Waals surface area contributed by atoms with Crippen LogP contribution >= 0.6 is 11.6 Å². The summed E-state index contributed by atoms with van der Waals surface area (Å²) in [5.74, 6) is 0.690. The van der Waals surface area contributed by atoms with Crippen molar-refractivity contribution < 1.29 is 9.84 Å². The average molecular weight is 453 g/mol. The van der Waals surface area contributed by atoms with Gasteiger partial charge in [-0.2, -0.15) is 0 Å². The number of nitrogens with two attached hydrogens (primary N) is 1. The van der Waals surface area contributed by atoms with Crippen LogP contribution in [-0.2, 0) is 11.3 Å². The predicted octanol–water partition coefficient (Wildman–Crippen LogP) is 2.73. The Kier molecular flexibility index (Phi) is 5.54. The van der Waals surface area contributed by atoms with Gasteiger partial charge in [0.05, 0.1) is 41.7 Å². The third-order valence-corrected chi connectivity index (χ3v) is 7.13. The molecular weight excluding hydrogens is 428 g/mol. The number of halogens is 1. The Bertz CT molecular complexity index is 1160. The molecule has 2 aromatic heterocycles. The molecule has 2 aliphatic rings. The Morgan fingerprint density at radius 3 is 2.75 bits per heavy atom. The summed E-state index contributed by atoms with van der Waals surface area (Å²) in [5, 5.41) is 10.5. The lowest BCUT2D eigenvalue weighted by Crippen LogP contribution is -2.51. The lowest BCUT2D eigenvalue weighted by molar-refractivity contribution is 0.109. The standard InChI is InChI=1S/C23H25ClN6O2/c1-2-18-21(25)23(13-32-18)5-9-30(10-6-23)22-17(12-31)29-16(11-28-22)14-3-4-15-20(19(14)24)27-8-7-26-15/h2-4,7-8,11,18,21,31H,1,5-6,9-10,12-13,25H2/t18-,21+/m0/s1. The van der Waals surface area contributed by atoms with E-state index in [1.165, 1.54) is 0 Å². The van der Waals surface area contributed by atoms with E-state index in [1.807, 2.05) is 12.1 Å². The molecule has 2 saturated heterocycles. The number of benzene rings is 1. The van der Waals surface area contributed by atoms with Gasteiger partial charge in [-0.25, -0.2) is 9.97 Å². The van der Waals surface area contributed by atoms with Gasteiger partial charge in [0, 0.05) is 42.5 Å². The van der Waals surface area contributed by atoms with Gasteiger partial charge in [-0.15, -0.1) is 6.58 Å². The van der Waals surface area contributed by atoms with Crippen molar-refractivity contribution in [2.45, 2.75) is 31.6 Å². The third kappa shape index (κ3) is 3.44. The molecule has 0 saturated carbocycles. The quantitative estimate of drug-likeness (QED) is 0.581. The number of fused-ring (bicyclic) bond motifs is 1. The van der Waals surface area contributed by atoms with E-state index >= 15 is 0 Å². The Hall–Kier alpha value is -2.65. The fourth-order valence-corrected chi connectivity index (χ4v) is 5.09. The van der Waals surface area contributed by atoms with Crippen LogP contribution in [0.4, 0.5) is 5.82 Å². The lowest BCUT2D eigenvalue weighted by Gasteiger charge is -2.41. The van der Waals surface area contributed by atoms with Crippen LogP contribution in [0.25, 0.3) is 22.3 Å². The van der Waals surface area contributed by atoms with E-state index in [0.717, 1.165) is 25.9 Å². The summed E-state index contributed by atoms with van der Waals surface area (Å²) in [6.45, 7) is 5.81. The van der Waals surface area contributed by atoms with Crippen LogP contribution in [0.1, 0.15) is 18.5 Å². The molecule has 9 heteroatoms. The van der Waals surface area contributed by atoms with Gasteiger partial charge in [-0.1, -0.05) is 17.7 Å². The Balaban J connectivity index is 1.41. The summed E-state index contributed by atoms with van der Waals surface area (Å²) in [7, 11) is 0. The molecule has 0 unspecified atom stereocenters. The summed E-state index contributed by atoms with van der Waals surface area (Å²) < 4.78 is 5.85. The first-order valence-electron chi connectivity index (χ1n) is 10.7. The first-order valence-corrected chi connectivity index (χ1v) is 11.1. The van der Waals surface area contributed by atoms with Gasteiger partial charge in [-0.3, -0.25) is 9.97 Å². The highest BCUT2D eigenvalue weighted by molar-refractivity contribution is 6.37. The number of anilines is 1. The Labute approximate surface area is 191 Å². The zero-order chi connectivity index (χ0) is 22.3. The molecule has 8 nitrogen and oxygen atoms in total. The predicted molar refractivity (Wildman–Crippen MR) is 123 cm³/mol. The fraction of sp³-hybridized carbons (Fsp3) is 0.391. The molecule has 3 N–H and O–H groups in total. The van der Waals surface area contributed by atoms with Gasteiger partial charge in [0.25, 0.3) is 0 Å². The van der Waals surface area contributed by atoms with Gasteiger partial charge in [0.1, 0.15) is 11.2 Å². The number of hydrogen-bond acceptors (Lipinski definition) is 8. The molecule has 1 aromatic carbocycles. The zero-order valence-electron chi connectivity index (χ0n) is 17.6. The van der Waals surface area contributed by atoms with Crippen LogP contribution in [0.3, 0.4) is 0 Å². The largest absolute Gasteiger partial charge is 0.390 e. The normalized spacial score (nSPS) is 22.5. The number of aromatic nitrogens is 4. The lowest BCUT2D eigenvalue weighted by atomic mass is 9.73. The van der Waals surface area contributed by atoms with Gasteiger partial charge < -0.3 is 20.5 Å². The molecule has 0 radical (unpaired) electrons. The van der Waals surface area contributed by atoms with Crippen molar-refractivity contribution >= 4 is 28.5 Å². The van der Waals surface area contributed by atoms with Crippen molar-refractivity contribution in [2.75, 3.05) is 24.6 Å². The number of aliphatic hydroxyl groups is 1. The maximum absolute atomic E-state index is 10.0. The van der Waals surface area contributed by atoms with Gasteiger partial charge in [-0.05, 0) is 25.0 Å². The van der Waals surface area contributed by atoms with Gasteiger partial charge >= 0.3 is 0 Å². The molecule has 1 spiro atoms. The number of ether oxygens (including phenoxy) is 1. The van der Waals surface area contributed by atoms with Crippen molar-refractivity contribution in [2.24, 2.45) is 11.1 Å². The second-order valence-electron chi connectivity index (χ2n) is 8.42. The van der Waals surface area contributed by atoms with Crippen LogP contribution in [0.15, 0.2) is 43.4 Å². The van der Waals surface area contributed by atoms with Crippen molar-refractivity contribution in [3.8, 4) is 11.3 Å². The fourth-order valence-electron chi connectivity index (χ4n) is 4.79. The number of hydrogen-bond donors (Lipinski definition) is 2. The Morgan fingerprint density at radius 2 is 2.03 bits per heavy atom. The summed E-state index contributed by atoms with van der Waals surface area (Å²) in [4.78, 5) is 20.1. The molecule has 166 valence electrons. The molecular formula is C23H25ClN6O2. The Morgan fingerprint density at radius 1 is 1.25 bits per heavy atom. The number of aliphatic hydroxyl groups excluding tert-OH is 1. The summed E-state index contributed by atoms with van der Waals surface area (Å²) in [6.07, 6.45) is 8.41. The minimum absolute atomic E-state index is 0.0399. The van der Waals surface area contributed by atoms with Crippen molar-refractivity contribution in [3.63, 3.8) is 0 Å². The smallest absolute Gasteiger partial charge is 0.152 e. The second kappa shape index (κ2) is 8.37. The van der Waals surface area contributed by atoms with E-state index in [-0.39, 0.29) is 24.2 Å². The highest BCUT2D eigenvalue weighted by Crippen LogP contribution is 2.42. The van der Waals surface area contributed by atoms with Crippen molar-refractivity contribution in [1.82, 2.24) is 19.9 Å². The van der Waals surface area contributed by atoms with Crippen LogP contribution in [0, 0.1) is 5.41 Å². The van der Waals surface area contributed by atoms with E-state index in [2.05, 4.69) is 31.4 Å². The molecule has 0 aliphatic carbocycles. The monoisotopic (exact) mass is 452 g/mol. The van der Waals surface area contributed by atoms with Crippen LogP contribution in [-0.4, -0.2) is 56.9 Å². The number of nitrogens with zero attached hydrogens (tertiary/aromatic N) is 5. The second-order valence-corrected chi connectivity index (χ2v) is 8.80. The van der Waals surface area contributed by atoms with E-state index in [0.29, 0.717) is 45.4 Å². The molecule has 5 rings (SSSR count). The number of rotatable bonds is 4. The van der Waals surface area contributed by atoms with E-state index in [9.17, 15) is 5.11 Å². The van der Waals surface area contributed by atoms with Crippen LogP contribution in [0.5, 0.6) is 0 Å². The molecule has 2 aliphatic heterocycles. The molecule has 0 bridgehead atoms. The molecule has 0 amide bonds. The molecule has 3 aromatic rings. The topological polar surface area (TPSA) is 110 Å². The van der Waals surface area contributed by atoms with Gasteiger partial charge in [0.2, 0.25) is 0 Å². The maximum atomic E-state index is 10.0. The first kappa shape index (κ1) is 21.2. The van der Waals surface area contributed by atoms with E-state index in [1.54, 1.807) is 24.7 Å². The van der Waals surface area contributed by atoms with Crippen molar-refractivity contribution in [3.05, 3.63) is 54.1 Å². The molecule has 2 atom stereocenters. The average Bonchev–Trinajstić information content (AvgIpc) is 3.14. The minimum atomic E-state index is -0.218. The SMILES string of the molecule is C=C[C@@H]1OCC2(CCN(c3ncc(-c4ccc5nccnc5c4Cl)nc3CO)CC2)[C@@H]1N. The number of piperidine rings is 1. The maximum Gasteiger partial charge on any atom is 0.152 e. The zero-order valence-corrected chi connectivity index (χ0v) is 18.4. The third-order valence-electron chi connectivity index (χ3n) is 6.74. The van der Waals surface area contributed by atoms with E-state index in [4.69, 9.17) is 22.1 Å². The summed E-state index contributed by atoms with van der Waals surface area (Å²) >= 11 is 6.59. The minimum Gasteiger partial charge on any atom is -0.390 e.